The number of likely N-dealkylation sites (tertiary alicyclic amines) is 1. The summed E-state index contributed by atoms with van der Waals surface area (Å²) in [4.78, 5) is 2.56. The molecule has 2 N–H and O–H groups in total. The Hall–Kier alpha value is -0.570. The van der Waals surface area contributed by atoms with Gasteiger partial charge in [0.25, 0.3) is 0 Å². The van der Waals surface area contributed by atoms with Gasteiger partial charge in [-0.05, 0) is 74.7 Å². The minimum absolute atomic E-state index is 0.451. The average Bonchev–Trinajstić information content (AvgIpc) is 3.04. The quantitative estimate of drug-likeness (QED) is 0.868. The molecule has 3 rings (SSSR count). The van der Waals surface area contributed by atoms with Crippen LogP contribution in [-0.4, -0.2) is 24.0 Å². The zero-order chi connectivity index (χ0) is 15.4. The van der Waals surface area contributed by atoms with E-state index < -0.39 is 0 Å². The van der Waals surface area contributed by atoms with Gasteiger partial charge in [-0.15, -0.1) is 0 Å². The summed E-state index contributed by atoms with van der Waals surface area (Å²) in [6.07, 6.45) is 9.40. The first kappa shape index (κ1) is 16.3. The molecule has 1 saturated carbocycles. The Bertz CT molecular complexity index is 462. The van der Waals surface area contributed by atoms with Crippen molar-refractivity contribution in [3.63, 3.8) is 0 Å². The molecule has 1 atom stereocenters. The molecular weight excluding hydrogens is 292 g/mol. The van der Waals surface area contributed by atoms with Crippen LogP contribution < -0.4 is 5.73 Å². The Morgan fingerprint density at radius 2 is 1.86 bits per heavy atom. The fourth-order valence-electron chi connectivity index (χ4n) is 4.24. The lowest BCUT2D eigenvalue weighted by atomic mass is 9.85. The van der Waals surface area contributed by atoms with Gasteiger partial charge in [0.05, 0.1) is 0 Å². The lowest BCUT2D eigenvalue weighted by molar-refractivity contribution is 0.162. The van der Waals surface area contributed by atoms with E-state index in [1.807, 2.05) is 12.1 Å². The van der Waals surface area contributed by atoms with Gasteiger partial charge in [-0.25, -0.2) is 0 Å². The van der Waals surface area contributed by atoms with E-state index in [0.717, 1.165) is 23.4 Å². The minimum atomic E-state index is 0.451. The molecule has 122 valence electrons. The molecule has 1 aliphatic heterocycles. The van der Waals surface area contributed by atoms with E-state index in [4.69, 9.17) is 17.3 Å². The highest BCUT2D eigenvalue weighted by molar-refractivity contribution is 6.30. The average molecular weight is 321 g/mol. The van der Waals surface area contributed by atoms with Crippen LogP contribution in [0.2, 0.25) is 5.02 Å². The van der Waals surface area contributed by atoms with Crippen LogP contribution in [-0.2, 0) is 6.54 Å². The molecule has 0 radical (unpaired) electrons. The third kappa shape index (κ3) is 4.47. The van der Waals surface area contributed by atoms with Crippen molar-refractivity contribution in [2.45, 2.75) is 57.5 Å². The van der Waals surface area contributed by atoms with Gasteiger partial charge in [-0.3, -0.25) is 4.90 Å². The maximum absolute atomic E-state index is 6.46. The normalized spacial score (nSPS) is 23.0. The van der Waals surface area contributed by atoms with E-state index >= 15 is 0 Å². The second-order valence-electron chi connectivity index (χ2n) is 7.29. The van der Waals surface area contributed by atoms with Crippen LogP contribution in [0.4, 0.5) is 0 Å². The second-order valence-corrected chi connectivity index (χ2v) is 7.73. The van der Waals surface area contributed by atoms with Crippen LogP contribution in [0.1, 0.15) is 50.5 Å². The maximum Gasteiger partial charge on any atom is 0.0409 e. The van der Waals surface area contributed by atoms with Crippen LogP contribution in [0.15, 0.2) is 24.3 Å². The summed E-state index contributed by atoms with van der Waals surface area (Å²) in [5, 5.41) is 0.843. The summed E-state index contributed by atoms with van der Waals surface area (Å²) in [6, 6.07) is 8.71. The summed E-state index contributed by atoms with van der Waals surface area (Å²) >= 11 is 6.07. The minimum Gasteiger partial charge on any atom is -0.327 e. The fraction of sp³-hybridized carbons (Fsp3) is 0.684. The van der Waals surface area contributed by atoms with Gasteiger partial charge >= 0.3 is 0 Å². The molecule has 0 aromatic heterocycles. The smallest absolute Gasteiger partial charge is 0.0409 e. The van der Waals surface area contributed by atoms with Crippen LogP contribution >= 0.6 is 11.6 Å². The number of piperidine rings is 1. The first-order chi connectivity index (χ1) is 10.7. The van der Waals surface area contributed by atoms with Crippen molar-refractivity contribution < 1.29 is 0 Å². The Labute approximate surface area is 140 Å². The molecule has 1 aliphatic carbocycles. The van der Waals surface area contributed by atoms with Gasteiger partial charge in [-0.1, -0.05) is 36.6 Å². The second kappa shape index (κ2) is 7.81. The van der Waals surface area contributed by atoms with Gasteiger partial charge in [0.1, 0.15) is 0 Å². The van der Waals surface area contributed by atoms with Gasteiger partial charge in [0, 0.05) is 17.6 Å². The molecule has 1 heterocycles. The third-order valence-corrected chi connectivity index (χ3v) is 5.85. The van der Waals surface area contributed by atoms with Crippen molar-refractivity contribution in [3.8, 4) is 0 Å². The molecule has 0 amide bonds. The molecule has 0 spiro atoms. The third-order valence-electron chi connectivity index (χ3n) is 5.61. The molecular formula is C19H29ClN2. The molecule has 1 unspecified atom stereocenters. The summed E-state index contributed by atoms with van der Waals surface area (Å²) in [6.45, 7) is 3.44. The van der Waals surface area contributed by atoms with Gasteiger partial charge in [0.15, 0.2) is 0 Å². The zero-order valence-electron chi connectivity index (χ0n) is 13.5. The predicted octanol–water partition coefficient (Wildman–Crippen LogP) is 4.46. The molecule has 2 fully saturated rings. The summed E-state index contributed by atoms with van der Waals surface area (Å²) in [7, 11) is 0. The van der Waals surface area contributed by atoms with Crippen molar-refractivity contribution in [1.29, 1.82) is 0 Å². The van der Waals surface area contributed by atoms with Crippen molar-refractivity contribution in [3.05, 3.63) is 34.9 Å². The SMILES string of the molecule is NC(CC1CCN(Cc2cccc(Cl)c2)CC1)C1CCCC1. The van der Waals surface area contributed by atoms with Crippen molar-refractivity contribution in [1.82, 2.24) is 4.90 Å². The molecule has 1 aromatic rings. The Morgan fingerprint density at radius 3 is 2.55 bits per heavy atom. The lowest BCUT2D eigenvalue weighted by Gasteiger charge is -2.34. The van der Waals surface area contributed by atoms with Crippen LogP contribution in [0.3, 0.4) is 0 Å². The molecule has 1 saturated heterocycles. The van der Waals surface area contributed by atoms with E-state index in [1.54, 1.807) is 0 Å². The van der Waals surface area contributed by atoms with Gasteiger partial charge in [0.2, 0.25) is 0 Å². The van der Waals surface area contributed by atoms with Gasteiger partial charge in [-0.2, -0.15) is 0 Å². The number of nitrogens with two attached hydrogens (primary N) is 1. The Kier molecular flexibility index (Phi) is 5.78. The summed E-state index contributed by atoms with van der Waals surface area (Å²) < 4.78 is 0. The molecule has 2 aliphatic rings. The first-order valence-corrected chi connectivity index (χ1v) is 9.31. The van der Waals surface area contributed by atoms with Crippen LogP contribution in [0.5, 0.6) is 0 Å². The number of rotatable bonds is 5. The fourth-order valence-corrected chi connectivity index (χ4v) is 4.45. The Balaban J connectivity index is 1.42. The number of halogens is 1. The highest BCUT2D eigenvalue weighted by Gasteiger charge is 2.26. The predicted molar refractivity (Wildman–Crippen MR) is 94.0 cm³/mol. The first-order valence-electron chi connectivity index (χ1n) is 8.93. The monoisotopic (exact) mass is 320 g/mol. The molecule has 0 bridgehead atoms. The van der Waals surface area contributed by atoms with E-state index in [2.05, 4.69) is 17.0 Å². The van der Waals surface area contributed by atoms with Crippen molar-refractivity contribution in [2.75, 3.05) is 13.1 Å². The highest BCUT2D eigenvalue weighted by atomic mass is 35.5. The number of benzene rings is 1. The standard InChI is InChI=1S/C19H29ClN2/c20-18-7-3-4-16(12-18)14-22-10-8-15(9-11-22)13-19(21)17-5-1-2-6-17/h3-4,7,12,15,17,19H,1-2,5-6,8-11,13-14,21H2. The highest BCUT2D eigenvalue weighted by Crippen LogP contribution is 2.31. The van der Waals surface area contributed by atoms with E-state index in [0.29, 0.717) is 6.04 Å². The zero-order valence-corrected chi connectivity index (χ0v) is 14.3. The number of hydrogen-bond acceptors (Lipinski definition) is 2. The maximum atomic E-state index is 6.46. The van der Waals surface area contributed by atoms with Crippen molar-refractivity contribution >= 4 is 11.6 Å². The van der Waals surface area contributed by atoms with Crippen LogP contribution in [0, 0.1) is 11.8 Å². The summed E-state index contributed by atoms with van der Waals surface area (Å²) in [5.41, 5.74) is 7.78. The molecule has 2 nitrogen and oxygen atoms in total. The summed E-state index contributed by atoms with van der Waals surface area (Å²) in [5.74, 6) is 1.65. The van der Waals surface area contributed by atoms with E-state index in [9.17, 15) is 0 Å². The van der Waals surface area contributed by atoms with Gasteiger partial charge < -0.3 is 5.73 Å². The number of hydrogen-bond donors (Lipinski definition) is 1. The molecule has 22 heavy (non-hydrogen) atoms. The topological polar surface area (TPSA) is 29.3 Å². The molecule has 3 heteroatoms. The Morgan fingerprint density at radius 1 is 1.14 bits per heavy atom. The van der Waals surface area contributed by atoms with Crippen LogP contribution in [0.25, 0.3) is 0 Å². The number of nitrogens with zero attached hydrogens (tertiary/aromatic N) is 1. The van der Waals surface area contributed by atoms with Crippen molar-refractivity contribution in [2.24, 2.45) is 17.6 Å². The van der Waals surface area contributed by atoms with E-state index in [1.165, 1.54) is 63.6 Å². The van der Waals surface area contributed by atoms with E-state index in [-0.39, 0.29) is 0 Å². The largest absolute Gasteiger partial charge is 0.327 e. The molecule has 1 aromatic carbocycles. The lowest BCUT2D eigenvalue weighted by Crippen LogP contribution is -2.37.